The van der Waals surface area contributed by atoms with Crippen molar-refractivity contribution in [2.45, 2.75) is 20.8 Å². The van der Waals surface area contributed by atoms with Crippen LogP contribution in [0.2, 0.25) is 0 Å². The molecule has 3 heteroatoms. The fourth-order valence-electron chi connectivity index (χ4n) is 1.05. The molecule has 74 valence electrons. The minimum absolute atomic E-state index is 0.0917. The first-order chi connectivity index (χ1) is 6.15. The first-order valence-corrected chi connectivity index (χ1v) is 4.50. The molecule has 1 heterocycles. The Labute approximate surface area is 79.8 Å². The van der Waals surface area contributed by atoms with E-state index in [4.69, 9.17) is 0 Å². The largest absolute Gasteiger partial charge is 0.387 e. The highest BCUT2D eigenvalue weighted by Crippen LogP contribution is 2.11. The molecule has 1 rings (SSSR count). The average Bonchev–Trinajstić information content (AvgIpc) is 2.50. The molecule has 0 atom stereocenters. The third-order valence-electron chi connectivity index (χ3n) is 1.65. The summed E-state index contributed by atoms with van der Waals surface area (Å²) in [4.78, 5) is 10.9. The third kappa shape index (κ3) is 2.93. The van der Waals surface area contributed by atoms with Crippen LogP contribution in [0.4, 0.5) is 5.69 Å². The number of nitrogens with zero attached hydrogens (tertiary/aromatic N) is 1. The Balaban J connectivity index is 0.000000671. The Kier molecular flexibility index (Phi) is 4.89. The van der Waals surface area contributed by atoms with Crippen LogP contribution in [0.15, 0.2) is 12.3 Å². The highest BCUT2D eigenvalue weighted by atomic mass is 16.1. The third-order valence-corrected chi connectivity index (χ3v) is 1.65. The molecule has 0 fully saturated rings. The monoisotopic (exact) mass is 182 g/mol. The molecule has 0 aliphatic rings. The van der Waals surface area contributed by atoms with Crippen molar-refractivity contribution in [3.05, 3.63) is 18.0 Å². The molecule has 0 aromatic carbocycles. The Morgan fingerprint density at radius 2 is 2.00 bits per heavy atom. The number of aryl methyl sites for hydroxylation is 1. The van der Waals surface area contributed by atoms with E-state index < -0.39 is 0 Å². The Hall–Kier alpha value is -1.25. The van der Waals surface area contributed by atoms with Crippen LogP contribution in [0.25, 0.3) is 0 Å². The molecule has 1 N–H and O–H groups in total. The maximum atomic E-state index is 10.9. The Morgan fingerprint density at radius 3 is 2.23 bits per heavy atom. The molecule has 0 saturated heterocycles. The van der Waals surface area contributed by atoms with E-state index in [1.54, 1.807) is 6.92 Å². The number of Topliss-reactive ketones (excluding diaryl/α,β-unsaturated/α-hetero) is 1. The molecule has 0 amide bonds. The fraction of sp³-hybridized carbons (Fsp3) is 0.500. The second-order valence-electron chi connectivity index (χ2n) is 2.53. The van der Waals surface area contributed by atoms with Crippen LogP contribution in [0.3, 0.4) is 0 Å². The highest BCUT2D eigenvalue weighted by Gasteiger charge is 2.04. The zero-order valence-electron chi connectivity index (χ0n) is 9.01. The van der Waals surface area contributed by atoms with Crippen molar-refractivity contribution in [2.24, 2.45) is 7.05 Å². The number of hydrogen-bond acceptors (Lipinski definition) is 2. The SMILES string of the molecule is CC.CNc1cc(C(C)=O)n(C)c1. The van der Waals surface area contributed by atoms with Gasteiger partial charge in [0, 0.05) is 27.2 Å². The van der Waals surface area contributed by atoms with Crippen molar-refractivity contribution in [2.75, 3.05) is 12.4 Å². The van der Waals surface area contributed by atoms with Gasteiger partial charge in [-0.15, -0.1) is 0 Å². The molecule has 1 aromatic heterocycles. The predicted molar refractivity (Wildman–Crippen MR) is 56.3 cm³/mol. The zero-order valence-corrected chi connectivity index (χ0v) is 9.01. The number of aromatic nitrogens is 1. The van der Waals surface area contributed by atoms with Gasteiger partial charge in [-0.25, -0.2) is 0 Å². The molecular weight excluding hydrogens is 164 g/mol. The molecule has 0 aliphatic carbocycles. The van der Waals surface area contributed by atoms with Crippen molar-refractivity contribution in [3.8, 4) is 0 Å². The summed E-state index contributed by atoms with van der Waals surface area (Å²) in [5.74, 6) is 0.0917. The lowest BCUT2D eigenvalue weighted by Crippen LogP contribution is -1.99. The van der Waals surface area contributed by atoms with Gasteiger partial charge >= 0.3 is 0 Å². The van der Waals surface area contributed by atoms with Gasteiger partial charge in [-0.1, -0.05) is 13.8 Å². The van der Waals surface area contributed by atoms with Gasteiger partial charge in [-0.2, -0.15) is 0 Å². The normalized spacial score (nSPS) is 8.69. The molecule has 0 aliphatic heterocycles. The maximum absolute atomic E-state index is 10.9. The Morgan fingerprint density at radius 1 is 1.46 bits per heavy atom. The molecule has 0 saturated carbocycles. The summed E-state index contributed by atoms with van der Waals surface area (Å²) in [6.07, 6.45) is 1.89. The minimum Gasteiger partial charge on any atom is -0.387 e. The first-order valence-electron chi connectivity index (χ1n) is 4.50. The standard InChI is InChI=1S/C8H12N2O.C2H6/c1-6(11)8-4-7(9-2)5-10(8)3;1-2/h4-5,9H,1-3H3;1-2H3. The van der Waals surface area contributed by atoms with Crippen LogP contribution in [-0.4, -0.2) is 17.4 Å². The lowest BCUT2D eigenvalue weighted by molar-refractivity contribution is 0.101. The van der Waals surface area contributed by atoms with Gasteiger partial charge in [0.05, 0.1) is 11.4 Å². The van der Waals surface area contributed by atoms with Crippen LogP contribution in [-0.2, 0) is 7.05 Å². The van der Waals surface area contributed by atoms with Crippen molar-refractivity contribution in [1.29, 1.82) is 0 Å². The molecule has 0 radical (unpaired) electrons. The highest BCUT2D eigenvalue weighted by molar-refractivity contribution is 5.93. The summed E-state index contributed by atoms with van der Waals surface area (Å²) in [6, 6.07) is 1.84. The molecule has 0 bridgehead atoms. The van der Waals surface area contributed by atoms with E-state index in [0.29, 0.717) is 0 Å². The van der Waals surface area contributed by atoms with Gasteiger partial charge in [0.1, 0.15) is 0 Å². The summed E-state index contributed by atoms with van der Waals surface area (Å²) in [7, 11) is 3.69. The van der Waals surface area contributed by atoms with Crippen LogP contribution >= 0.6 is 0 Å². The molecule has 1 aromatic rings. The minimum atomic E-state index is 0.0917. The molecular formula is C10H18N2O. The molecule has 3 nitrogen and oxygen atoms in total. The lowest BCUT2D eigenvalue weighted by Gasteiger charge is -1.94. The van der Waals surface area contributed by atoms with E-state index in [1.807, 2.05) is 44.8 Å². The second-order valence-corrected chi connectivity index (χ2v) is 2.53. The number of rotatable bonds is 2. The van der Waals surface area contributed by atoms with E-state index in [9.17, 15) is 4.79 Å². The van der Waals surface area contributed by atoms with Gasteiger partial charge < -0.3 is 9.88 Å². The van der Waals surface area contributed by atoms with Crippen LogP contribution in [0.5, 0.6) is 0 Å². The second kappa shape index (κ2) is 5.41. The van der Waals surface area contributed by atoms with Gasteiger partial charge in [0.2, 0.25) is 0 Å². The van der Waals surface area contributed by atoms with Crippen LogP contribution in [0.1, 0.15) is 31.3 Å². The predicted octanol–water partition coefficient (Wildman–Crippen LogP) is 2.30. The van der Waals surface area contributed by atoms with Gasteiger partial charge in [0.15, 0.2) is 5.78 Å². The van der Waals surface area contributed by atoms with E-state index >= 15 is 0 Å². The number of nitrogens with one attached hydrogen (secondary N) is 1. The van der Waals surface area contributed by atoms with Crippen molar-refractivity contribution in [3.63, 3.8) is 0 Å². The smallest absolute Gasteiger partial charge is 0.176 e. The fourth-order valence-corrected chi connectivity index (χ4v) is 1.05. The van der Waals surface area contributed by atoms with Crippen molar-refractivity contribution < 1.29 is 4.79 Å². The van der Waals surface area contributed by atoms with E-state index in [2.05, 4.69) is 5.32 Å². The van der Waals surface area contributed by atoms with Gasteiger partial charge in [0.25, 0.3) is 0 Å². The Bertz CT molecular complexity index is 276. The summed E-state index contributed by atoms with van der Waals surface area (Å²) < 4.78 is 1.81. The quantitative estimate of drug-likeness (QED) is 0.712. The van der Waals surface area contributed by atoms with E-state index in [0.717, 1.165) is 11.4 Å². The summed E-state index contributed by atoms with van der Waals surface area (Å²) in [6.45, 7) is 5.56. The number of carbonyl (C=O) groups is 1. The molecule has 0 unspecified atom stereocenters. The lowest BCUT2D eigenvalue weighted by atomic mass is 10.3. The van der Waals surface area contributed by atoms with Crippen molar-refractivity contribution >= 4 is 11.5 Å². The van der Waals surface area contributed by atoms with E-state index in [1.165, 1.54) is 0 Å². The van der Waals surface area contributed by atoms with Gasteiger partial charge in [-0.3, -0.25) is 4.79 Å². The van der Waals surface area contributed by atoms with Gasteiger partial charge in [-0.05, 0) is 6.07 Å². The number of carbonyl (C=O) groups excluding carboxylic acids is 1. The topological polar surface area (TPSA) is 34.0 Å². The zero-order chi connectivity index (χ0) is 10.4. The van der Waals surface area contributed by atoms with Crippen LogP contribution in [0, 0.1) is 0 Å². The average molecular weight is 182 g/mol. The summed E-state index contributed by atoms with van der Waals surface area (Å²) in [5, 5.41) is 2.97. The van der Waals surface area contributed by atoms with E-state index in [-0.39, 0.29) is 5.78 Å². The number of anilines is 1. The number of ketones is 1. The molecule has 0 spiro atoms. The maximum Gasteiger partial charge on any atom is 0.176 e. The number of hydrogen-bond donors (Lipinski definition) is 1. The first kappa shape index (κ1) is 11.8. The summed E-state index contributed by atoms with van der Waals surface area (Å²) >= 11 is 0. The van der Waals surface area contributed by atoms with Crippen LogP contribution < -0.4 is 5.32 Å². The summed E-state index contributed by atoms with van der Waals surface area (Å²) in [5.41, 5.74) is 1.70. The molecule has 13 heavy (non-hydrogen) atoms. The van der Waals surface area contributed by atoms with Crippen molar-refractivity contribution in [1.82, 2.24) is 4.57 Å².